The second-order valence-corrected chi connectivity index (χ2v) is 8.35. The Morgan fingerprint density at radius 3 is 2.55 bits per heavy atom. The van der Waals surface area contributed by atoms with Crippen molar-refractivity contribution in [1.29, 1.82) is 5.26 Å². The van der Waals surface area contributed by atoms with Crippen molar-refractivity contribution >= 4 is 29.3 Å². The minimum atomic E-state index is -0.523. The van der Waals surface area contributed by atoms with Crippen molar-refractivity contribution in [1.82, 2.24) is 10.2 Å². The van der Waals surface area contributed by atoms with E-state index in [2.05, 4.69) is 10.6 Å². The number of piperidine rings is 1. The molecule has 0 unspecified atom stereocenters. The summed E-state index contributed by atoms with van der Waals surface area (Å²) in [7, 11) is 0. The number of ether oxygens (including phenoxy) is 1. The Bertz CT molecular complexity index is 831. The van der Waals surface area contributed by atoms with E-state index in [1.807, 2.05) is 26.8 Å². The van der Waals surface area contributed by atoms with Gasteiger partial charge in [0.2, 0.25) is 0 Å². The van der Waals surface area contributed by atoms with Crippen molar-refractivity contribution in [3.8, 4) is 6.07 Å². The highest BCUT2D eigenvalue weighted by molar-refractivity contribution is 6.31. The number of nitrogens with one attached hydrogen (secondary N) is 2. The molecular formula is C21H27ClN4O3. The smallest absolute Gasteiger partial charge is 0.410 e. The van der Waals surface area contributed by atoms with Crippen molar-refractivity contribution in [3.05, 3.63) is 40.6 Å². The van der Waals surface area contributed by atoms with Crippen LogP contribution in [0.3, 0.4) is 0 Å². The van der Waals surface area contributed by atoms with Crippen LogP contribution in [-0.4, -0.2) is 41.6 Å². The molecule has 2 amide bonds. The number of carbonyl (C=O) groups excluding carboxylic acids is 2. The maximum Gasteiger partial charge on any atom is 0.410 e. The van der Waals surface area contributed by atoms with Gasteiger partial charge in [0.25, 0.3) is 5.91 Å². The highest BCUT2D eigenvalue weighted by Gasteiger charge is 2.26. The van der Waals surface area contributed by atoms with Crippen LogP contribution in [0.25, 0.3) is 0 Å². The summed E-state index contributed by atoms with van der Waals surface area (Å²) in [5.41, 5.74) is 0.751. The molecule has 0 aromatic heterocycles. The quantitative estimate of drug-likeness (QED) is 0.569. The molecule has 0 spiro atoms. The van der Waals surface area contributed by atoms with E-state index in [0.29, 0.717) is 36.6 Å². The predicted molar refractivity (Wildman–Crippen MR) is 112 cm³/mol. The topological polar surface area (TPSA) is 94.5 Å². The lowest BCUT2D eigenvalue weighted by Gasteiger charge is -2.33. The van der Waals surface area contributed by atoms with E-state index in [-0.39, 0.29) is 17.7 Å². The van der Waals surface area contributed by atoms with Gasteiger partial charge in [-0.15, -0.1) is 0 Å². The number of amides is 2. The minimum absolute atomic E-state index is 0.0288. The molecule has 1 aromatic carbocycles. The molecule has 1 aliphatic rings. The number of nitrogens with zero attached hydrogens (tertiary/aromatic N) is 2. The molecule has 1 saturated heterocycles. The SMILES string of the molecule is Cc1c(Cl)cccc1NC(=O)/C(C#N)=C\NC1CCN(C(=O)OC(C)(C)C)CC1. The molecule has 156 valence electrons. The number of hydrogen-bond donors (Lipinski definition) is 2. The third-order valence-electron chi connectivity index (χ3n) is 4.49. The molecule has 0 radical (unpaired) electrons. The first-order valence-corrected chi connectivity index (χ1v) is 9.89. The van der Waals surface area contributed by atoms with Gasteiger partial charge in [0.15, 0.2) is 0 Å². The second-order valence-electron chi connectivity index (χ2n) is 7.94. The van der Waals surface area contributed by atoms with E-state index in [0.717, 1.165) is 5.56 Å². The number of nitriles is 1. The Hall–Kier alpha value is -2.72. The van der Waals surface area contributed by atoms with E-state index in [1.54, 1.807) is 30.0 Å². The first-order valence-electron chi connectivity index (χ1n) is 9.51. The van der Waals surface area contributed by atoms with E-state index in [9.17, 15) is 14.9 Å². The van der Waals surface area contributed by atoms with Crippen LogP contribution in [0, 0.1) is 18.3 Å². The fourth-order valence-electron chi connectivity index (χ4n) is 2.84. The highest BCUT2D eigenvalue weighted by atomic mass is 35.5. The normalized spacial score (nSPS) is 15.4. The monoisotopic (exact) mass is 418 g/mol. The summed E-state index contributed by atoms with van der Waals surface area (Å²) < 4.78 is 5.38. The summed E-state index contributed by atoms with van der Waals surface area (Å²) in [6.45, 7) is 8.41. The predicted octanol–water partition coefficient (Wildman–Crippen LogP) is 3.98. The molecule has 1 aromatic rings. The number of carbonyl (C=O) groups is 2. The van der Waals surface area contributed by atoms with Crippen molar-refractivity contribution in [3.63, 3.8) is 0 Å². The number of anilines is 1. The van der Waals surface area contributed by atoms with Crippen LogP contribution in [0.2, 0.25) is 5.02 Å². The molecule has 0 bridgehead atoms. The second kappa shape index (κ2) is 9.66. The molecule has 0 aliphatic carbocycles. The lowest BCUT2D eigenvalue weighted by Crippen LogP contribution is -2.45. The van der Waals surface area contributed by atoms with Gasteiger partial charge in [-0.3, -0.25) is 4.79 Å². The Morgan fingerprint density at radius 1 is 1.31 bits per heavy atom. The van der Waals surface area contributed by atoms with Crippen molar-refractivity contribution in [2.45, 2.75) is 52.2 Å². The number of rotatable bonds is 4. The Balaban J connectivity index is 1.90. The Labute approximate surface area is 176 Å². The van der Waals surface area contributed by atoms with Gasteiger partial charge in [-0.25, -0.2) is 4.79 Å². The number of halogens is 1. The number of likely N-dealkylation sites (tertiary alicyclic amines) is 1. The van der Waals surface area contributed by atoms with Crippen molar-refractivity contribution in [2.24, 2.45) is 0 Å². The summed E-state index contributed by atoms with van der Waals surface area (Å²) in [5.74, 6) is -0.503. The average Bonchev–Trinajstić information content (AvgIpc) is 2.65. The molecule has 29 heavy (non-hydrogen) atoms. The summed E-state index contributed by atoms with van der Waals surface area (Å²) in [5, 5.41) is 15.7. The van der Waals surface area contributed by atoms with Crippen LogP contribution in [0.15, 0.2) is 30.0 Å². The summed E-state index contributed by atoms with van der Waals surface area (Å²) in [6, 6.07) is 7.18. The van der Waals surface area contributed by atoms with Crippen LogP contribution in [-0.2, 0) is 9.53 Å². The fraction of sp³-hybridized carbons (Fsp3) is 0.476. The summed E-state index contributed by atoms with van der Waals surface area (Å²) in [4.78, 5) is 26.2. The van der Waals surface area contributed by atoms with Gasteiger partial charge in [0.05, 0.1) is 0 Å². The average molecular weight is 419 g/mol. The van der Waals surface area contributed by atoms with Gasteiger partial charge in [-0.2, -0.15) is 5.26 Å². The fourth-order valence-corrected chi connectivity index (χ4v) is 3.01. The molecule has 8 heteroatoms. The molecule has 0 saturated carbocycles. The molecular weight excluding hydrogens is 392 g/mol. The minimum Gasteiger partial charge on any atom is -0.444 e. The van der Waals surface area contributed by atoms with Crippen molar-refractivity contribution in [2.75, 3.05) is 18.4 Å². The highest BCUT2D eigenvalue weighted by Crippen LogP contribution is 2.23. The maximum atomic E-state index is 12.4. The van der Waals surface area contributed by atoms with E-state index < -0.39 is 11.5 Å². The molecule has 7 nitrogen and oxygen atoms in total. The van der Waals surface area contributed by atoms with Gasteiger partial charge >= 0.3 is 6.09 Å². The summed E-state index contributed by atoms with van der Waals surface area (Å²) >= 11 is 6.06. The Morgan fingerprint density at radius 2 is 1.97 bits per heavy atom. The molecule has 2 N–H and O–H groups in total. The molecule has 0 atom stereocenters. The lowest BCUT2D eigenvalue weighted by atomic mass is 10.1. The van der Waals surface area contributed by atoms with Crippen LogP contribution < -0.4 is 10.6 Å². The van der Waals surface area contributed by atoms with Crippen LogP contribution in [0.1, 0.15) is 39.2 Å². The zero-order valence-electron chi connectivity index (χ0n) is 17.2. The zero-order chi connectivity index (χ0) is 21.6. The van der Waals surface area contributed by atoms with Gasteiger partial charge < -0.3 is 20.3 Å². The van der Waals surface area contributed by atoms with E-state index in [1.165, 1.54) is 6.20 Å². The van der Waals surface area contributed by atoms with E-state index >= 15 is 0 Å². The van der Waals surface area contributed by atoms with Gasteiger partial charge in [0, 0.05) is 36.0 Å². The van der Waals surface area contributed by atoms with E-state index in [4.69, 9.17) is 16.3 Å². The standard InChI is InChI=1S/C21H27ClN4O3/c1-14-17(22)6-5-7-18(14)25-19(27)15(12-23)13-24-16-8-10-26(11-9-16)20(28)29-21(2,3)4/h5-7,13,16,24H,8-11H2,1-4H3,(H,25,27)/b15-13-. The molecule has 1 fully saturated rings. The van der Waals surface area contributed by atoms with Crippen molar-refractivity contribution < 1.29 is 14.3 Å². The Kier molecular flexibility index (Phi) is 7.52. The lowest BCUT2D eigenvalue weighted by molar-refractivity contribution is -0.112. The molecule has 1 heterocycles. The summed E-state index contributed by atoms with van der Waals surface area (Å²) in [6.07, 6.45) is 2.51. The molecule has 1 aliphatic heterocycles. The maximum absolute atomic E-state index is 12.4. The first-order chi connectivity index (χ1) is 13.6. The van der Waals surface area contributed by atoms with Crippen LogP contribution in [0.5, 0.6) is 0 Å². The number of benzene rings is 1. The third-order valence-corrected chi connectivity index (χ3v) is 4.90. The van der Waals surface area contributed by atoms with Gasteiger partial charge in [-0.05, 0) is 58.2 Å². The third kappa shape index (κ3) is 6.68. The largest absolute Gasteiger partial charge is 0.444 e. The van der Waals surface area contributed by atoms with Gasteiger partial charge in [0.1, 0.15) is 17.2 Å². The van der Waals surface area contributed by atoms with Crippen LogP contribution in [0.4, 0.5) is 10.5 Å². The molecule has 2 rings (SSSR count). The van der Waals surface area contributed by atoms with Crippen LogP contribution >= 0.6 is 11.6 Å². The number of hydrogen-bond acceptors (Lipinski definition) is 5. The zero-order valence-corrected chi connectivity index (χ0v) is 18.0. The first kappa shape index (κ1) is 22.6. The van der Waals surface area contributed by atoms with Gasteiger partial charge in [-0.1, -0.05) is 17.7 Å².